The summed E-state index contributed by atoms with van der Waals surface area (Å²) in [5.41, 5.74) is 0.395. The summed E-state index contributed by atoms with van der Waals surface area (Å²) in [5.74, 6) is -1.39. The van der Waals surface area contributed by atoms with E-state index in [1.807, 2.05) is 0 Å². The quantitative estimate of drug-likeness (QED) is 0.743. The lowest BCUT2D eigenvalue weighted by molar-refractivity contribution is 0.102. The predicted octanol–water partition coefficient (Wildman–Crippen LogP) is 4.37. The third kappa shape index (κ3) is 2.48. The largest absolute Gasteiger partial charge is 0.319 e. The van der Waals surface area contributed by atoms with Crippen molar-refractivity contribution in [2.75, 3.05) is 5.32 Å². The van der Waals surface area contributed by atoms with E-state index in [1.54, 1.807) is 30.3 Å². The second-order valence-corrected chi connectivity index (χ2v) is 4.57. The van der Waals surface area contributed by atoms with Gasteiger partial charge in [0.1, 0.15) is 11.6 Å². The Kier molecular flexibility index (Phi) is 3.36. The minimum absolute atomic E-state index is 0.0934. The average molecular weight is 283 g/mol. The lowest BCUT2D eigenvalue weighted by Gasteiger charge is -2.09. The number of carbonyl (C=O) groups excluding carboxylic acids is 1. The van der Waals surface area contributed by atoms with Crippen LogP contribution in [0.15, 0.2) is 60.7 Å². The minimum Gasteiger partial charge on any atom is -0.319 e. The summed E-state index contributed by atoms with van der Waals surface area (Å²) < 4.78 is 27.3. The van der Waals surface area contributed by atoms with E-state index in [1.165, 1.54) is 30.3 Å². The third-order valence-corrected chi connectivity index (χ3v) is 3.24. The van der Waals surface area contributed by atoms with Gasteiger partial charge in [-0.15, -0.1) is 0 Å². The molecule has 0 saturated heterocycles. The lowest BCUT2D eigenvalue weighted by atomic mass is 10.0. The third-order valence-electron chi connectivity index (χ3n) is 3.24. The number of anilines is 1. The molecule has 0 aliphatic heterocycles. The summed E-state index contributed by atoms with van der Waals surface area (Å²) in [6.45, 7) is 0. The zero-order valence-electron chi connectivity index (χ0n) is 10.9. The second-order valence-electron chi connectivity index (χ2n) is 4.57. The molecule has 0 bridgehead atoms. The molecule has 0 atom stereocenters. The first kappa shape index (κ1) is 13.2. The van der Waals surface area contributed by atoms with Crippen molar-refractivity contribution < 1.29 is 13.6 Å². The Morgan fingerprint density at radius 2 is 1.43 bits per heavy atom. The summed E-state index contributed by atoms with van der Waals surface area (Å²) in [6, 6.07) is 15.2. The van der Waals surface area contributed by atoms with Crippen molar-refractivity contribution >= 4 is 22.4 Å². The van der Waals surface area contributed by atoms with Crippen molar-refractivity contribution in [3.05, 3.63) is 77.9 Å². The van der Waals surface area contributed by atoms with Crippen LogP contribution < -0.4 is 5.32 Å². The number of halogens is 2. The number of rotatable bonds is 2. The fraction of sp³-hybridized carbons (Fsp3) is 0. The van der Waals surface area contributed by atoms with Gasteiger partial charge in [0, 0.05) is 10.9 Å². The van der Waals surface area contributed by atoms with E-state index in [-0.39, 0.29) is 5.69 Å². The number of amides is 1. The number of benzene rings is 3. The Bertz CT molecular complexity index is 830. The topological polar surface area (TPSA) is 29.1 Å². The number of hydrogen-bond donors (Lipinski definition) is 1. The fourth-order valence-electron chi connectivity index (χ4n) is 2.21. The van der Waals surface area contributed by atoms with E-state index < -0.39 is 17.5 Å². The Balaban J connectivity index is 2.03. The minimum atomic E-state index is -0.516. The van der Waals surface area contributed by atoms with E-state index in [0.29, 0.717) is 16.3 Å². The van der Waals surface area contributed by atoms with Crippen molar-refractivity contribution in [2.45, 2.75) is 0 Å². The number of fused-ring (bicyclic) bond motifs is 1. The standard InChI is InChI=1S/C17H11F2NO/c18-14-10-9-13(11-5-1-2-6-12(11)14)17(21)20-16-8-4-3-7-15(16)19/h1-10H,(H,20,21). The van der Waals surface area contributed by atoms with Crippen molar-refractivity contribution in [1.29, 1.82) is 0 Å². The molecule has 0 aromatic heterocycles. The van der Waals surface area contributed by atoms with E-state index >= 15 is 0 Å². The zero-order valence-corrected chi connectivity index (χ0v) is 10.9. The molecule has 0 heterocycles. The van der Waals surface area contributed by atoms with E-state index in [4.69, 9.17) is 0 Å². The van der Waals surface area contributed by atoms with Crippen LogP contribution in [0.2, 0.25) is 0 Å². The first-order chi connectivity index (χ1) is 10.2. The Labute approximate surface area is 120 Å². The highest BCUT2D eigenvalue weighted by Gasteiger charge is 2.13. The van der Waals surface area contributed by atoms with Crippen LogP contribution in [0.25, 0.3) is 10.8 Å². The van der Waals surface area contributed by atoms with Crippen molar-refractivity contribution in [1.82, 2.24) is 0 Å². The summed E-state index contributed by atoms with van der Waals surface area (Å²) in [5, 5.41) is 3.35. The molecule has 0 aliphatic carbocycles. The van der Waals surface area contributed by atoms with Gasteiger partial charge in [0.25, 0.3) is 5.91 Å². The number of nitrogens with one attached hydrogen (secondary N) is 1. The molecule has 0 saturated carbocycles. The van der Waals surface area contributed by atoms with Crippen molar-refractivity contribution in [2.24, 2.45) is 0 Å². The van der Waals surface area contributed by atoms with Crippen LogP contribution in [0, 0.1) is 11.6 Å². The number of hydrogen-bond acceptors (Lipinski definition) is 1. The molecular formula is C17H11F2NO. The predicted molar refractivity (Wildman–Crippen MR) is 78.3 cm³/mol. The Hall–Kier alpha value is -2.75. The SMILES string of the molecule is O=C(Nc1ccccc1F)c1ccc(F)c2ccccc12. The molecule has 0 unspecified atom stereocenters. The molecule has 3 rings (SSSR count). The van der Waals surface area contributed by atoms with E-state index in [9.17, 15) is 13.6 Å². The number of para-hydroxylation sites is 1. The Morgan fingerprint density at radius 3 is 2.19 bits per heavy atom. The molecule has 0 fully saturated rings. The van der Waals surface area contributed by atoms with Gasteiger partial charge in [-0.1, -0.05) is 36.4 Å². The molecule has 104 valence electrons. The molecule has 1 amide bonds. The van der Waals surface area contributed by atoms with Crippen molar-refractivity contribution in [3.8, 4) is 0 Å². The van der Waals surface area contributed by atoms with Crippen LogP contribution in [0.5, 0.6) is 0 Å². The van der Waals surface area contributed by atoms with Gasteiger partial charge in [-0.25, -0.2) is 8.78 Å². The van der Waals surface area contributed by atoms with E-state index in [0.717, 1.165) is 0 Å². The van der Waals surface area contributed by atoms with Gasteiger partial charge in [0.2, 0.25) is 0 Å². The molecule has 21 heavy (non-hydrogen) atoms. The summed E-state index contributed by atoms with van der Waals surface area (Å²) in [4.78, 5) is 12.3. The average Bonchev–Trinajstić information content (AvgIpc) is 2.50. The second kappa shape index (κ2) is 5.32. The molecular weight excluding hydrogens is 272 g/mol. The van der Waals surface area contributed by atoms with Crippen LogP contribution in [0.1, 0.15) is 10.4 Å². The van der Waals surface area contributed by atoms with Gasteiger partial charge < -0.3 is 5.32 Å². The van der Waals surface area contributed by atoms with Crippen LogP contribution >= 0.6 is 0 Å². The van der Waals surface area contributed by atoms with Gasteiger partial charge in [0.05, 0.1) is 5.69 Å². The first-order valence-corrected chi connectivity index (χ1v) is 6.40. The van der Waals surface area contributed by atoms with Crippen LogP contribution in [0.4, 0.5) is 14.5 Å². The fourth-order valence-corrected chi connectivity index (χ4v) is 2.21. The van der Waals surface area contributed by atoms with Gasteiger partial charge in [-0.05, 0) is 29.7 Å². The van der Waals surface area contributed by atoms with Gasteiger partial charge in [-0.3, -0.25) is 4.79 Å². The van der Waals surface area contributed by atoms with Crippen LogP contribution in [-0.2, 0) is 0 Å². The van der Waals surface area contributed by atoms with Crippen LogP contribution in [-0.4, -0.2) is 5.91 Å². The van der Waals surface area contributed by atoms with Gasteiger partial charge >= 0.3 is 0 Å². The molecule has 2 nitrogen and oxygen atoms in total. The lowest BCUT2D eigenvalue weighted by Crippen LogP contribution is -2.13. The maximum absolute atomic E-state index is 13.7. The highest BCUT2D eigenvalue weighted by molar-refractivity contribution is 6.13. The molecule has 3 aromatic carbocycles. The van der Waals surface area contributed by atoms with Gasteiger partial charge in [-0.2, -0.15) is 0 Å². The first-order valence-electron chi connectivity index (χ1n) is 6.40. The monoisotopic (exact) mass is 283 g/mol. The summed E-state index contributed by atoms with van der Waals surface area (Å²) >= 11 is 0. The normalized spacial score (nSPS) is 10.6. The number of carbonyl (C=O) groups is 1. The van der Waals surface area contributed by atoms with Crippen LogP contribution in [0.3, 0.4) is 0 Å². The molecule has 4 heteroatoms. The maximum atomic E-state index is 13.7. The molecule has 0 aliphatic rings. The summed E-state index contributed by atoms with van der Waals surface area (Å²) in [6.07, 6.45) is 0. The van der Waals surface area contributed by atoms with E-state index in [2.05, 4.69) is 5.32 Å². The smallest absolute Gasteiger partial charge is 0.256 e. The van der Waals surface area contributed by atoms with Crippen molar-refractivity contribution in [3.63, 3.8) is 0 Å². The molecule has 0 radical (unpaired) electrons. The summed E-state index contributed by atoms with van der Waals surface area (Å²) in [7, 11) is 0. The maximum Gasteiger partial charge on any atom is 0.256 e. The highest BCUT2D eigenvalue weighted by Crippen LogP contribution is 2.23. The molecule has 1 N–H and O–H groups in total. The molecule has 0 spiro atoms. The highest BCUT2D eigenvalue weighted by atomic mass is 19.1. The molecule has 3 aromatic rings. The zero-order chi connectivity index (χ0) is 14.8. The Morgan fingerprint density at radius 1 is 0.762 bits per heavy atom. The van der Waals surface area contributed by atoms with Gasteiger partial charge in [0.15, 0.2) is 0 Å².